The van der Waals surface area contributed by atoms with Crippen LogP contribution in [0.1, 0.15) is 31.4 Å². The van der Waals surface area contributed by atoms with Crippen molar-refractivity contribution in [2.24, 2.45) is 0 Å². The number of alkyl halides is 4. The van der Waals surface area contributed by atoms with Gasteiger partial charge in [-0.1, -0.05) is 6.58 Å². The number of halogens is 6. The molecule has 1 amide bonds. The normalized spacial score (nSPS) is 23.4. The first-order valence-corrected chi connectivity index (χ1v) is 16.1. The average molecular weight is 695 g/mol. The second-order valence-electron chi connectivity index (χ2n) is 11.5. The Kier molecular flexibility index (Phi) is 8.81. The first-order valence-electron chi connectivity index (χ1n) is 14.6. The Morgan fingerprint density at radius 2 is 1.83 bits per heavy atom. The van der Waals surface area contributed by atoms with Crippen molar-refractivity contribution >= 4 is 51.6 Å². The number of amides is 1. The van der Waals surface area contributed by atoms with E-state index in [1.165, 1.54) is 23.0 Å². The lowest BCUT2D eigenvalue weighted by molar-refractivity contribution is -0.137. The van der Waals surface area contributed by atoms with E-state index in [1.807, 2.05) is 0 Å². The molecule has 0 radical (unpaired) electrons. The van der Waals surface area contributed by atoms with Gasteiger partial charge in [0.25, 0.3) is 0 Å². The lowest BCUT2D eigenvalue weighted by atomic mass is 9.90. The standard InChI is InChI=1S/C31H28ClF5N6O3S/c1-4-24(44)43-15(2)11-41(12-16(43)3)28-19-8-20(31(35,36)37)25(18-9-21(32)23(34)10-22(18)33)27-26(19)42(30(45)40-28)13-17(14-47-27)46-29-38-6-5-7-39-29/h4-8,10,15-17,21H,1,9,11-14H2,2-3H3/t15-,16+,17-,21?/m0/s1. The molecule has 1 saturated heterocycles. The molecule has 3 aromatic rings. The van der Waals surface area contributed by atoms with E-state index in [1.54, 1.807) is 29.7 Å². The van der Waals surface area contributed by atoms with Crippen LogP contribution in [0.3, 0.4) is 0 Å². The van der Waals surface area contributed by atoms with Gasteiger partial charge in [-0.05, 0) is 44.1 Å². The molecule has 1 aliphatic carbocycles. The van der Waals surface area contributed by atoms with Crippen LogP contribution in [-0.4, -0.2) is 72.7 Å². The quantitative estimate of drug-likeness (QED) is 0.185. The van der Waals surface area contributed by atoms with Gasteiger partial charge >= 0.3 is 17.9 Å². The van der Waals surface area contributed by atoms with Gasteiger partial charge in [0.05, 0.1) is 23.0 Å². The van der Waals surface area contributed by atoms with Gasteiger partial charge in [-0.3, -0.25) is 9.36 Å². The first-order chi connectivity index (χ1) is 22.3. The number of ether oxygens (including phenoxy) is 1. The molecule has 1 unspecified atom stereocenters. The maximum absolute atomic E-state index is 15.5. The van der Waals surface area contributed by atoms with Crippen LogP contribution in [0, 0.1) is 0 Å². The number of carbonyl (C=O) groups is 1. The Labute approximate surface area is 274 Å². The third-order valence-corrected chi connectivity index (χ3v) is 9.89. The van der Waals surface area contributed by atoms with Crippen LogP contribution in [0.25, 0.3) is 16.5 Å². The Balaban J connectivity index is 1.61. The molecule has 4 atom stereocenters. The summed E-state index contributed by atoms with van der Waals surface area (Å²) in [6.07, 6.45) is -1.76. The van der Waals surface area contributed by atoms with E-state index >= 15 is 17.6 Å². The number of carbonyl (C=O) groups excluding carboxylic acids is 1. The molecule has 0 N–H and O–H groups in total. The third-order valence-electron chi connectivity index (χ3n) is 8.30. The van der Waals surface area contributed by atoms with E-state index in [4.69, 9.17) is 16.3 Å². The zero-order valence-corrected chi connectivity index (χ0v) is 26.7. The molecule has 1 aromatic carbocycles. The summed E-state index contributed by atoms with van der Waals surface area (Å²) in [5.74, 6) is -2.47. The molecule has 248 valence electrons. The lowest BCUT2D eigenvalue weighted by Crippen LogP contribution is -2.58. The van der Waals surface area contributed by atoms with Gasteiger partial charge in [0, 0.05) is 65.2 Å². The molecule has 2 aromatic heterocycles. The van der Waals surface area contributed by atoms with Crippen LogP contribution in [0.15, 0.2) is 64.6 Å². The highest BCUT2D eigenvalue weighted by Gasteiger charge is 2.41. The van der Waals surface area contributed by atoms with Crippen molar-refractivity contribution in [2.45, 2.75) is 61.4 Å². The molecule has 2 aliphatic heterocycles. The van der Waals surface area contributed by atoms with Crippen LogP contribution < -0.4 is 15.3 Å². The van der Waals surface area contributed by atoms with E-state index < -0.39 is 70.2 Å². The van der Waals surface area contributed by atoms with Crippen molar-refractivity contribution in [3.63, 3.8) is 0 Å². The Bertz CT molecular complexity index is 1870. The maximum Gasteiger partial charge on any atom is 0.417 e. The minimum absolute atomic E-state index is 0.00338. The topological polar surface area (TPSA) is 93.5 Å². The average Bonchev–Trinajstić information content (AvgIpc) is 3.20. The molecule has 4 heterocycles. The van der Waals surface area contributed by atoms with Crippen LogP contribution in [0.5, 0.6) is 6.01 Å². The summed E-state index contributed by atoms with van der Waals surface area (Å²) in [6.45, 7) is 7.31. The van der Waals surface area contributed by atoms with Crippen molar-refractivity contribution < 1.29 is 31.5 Å². The van der Waals surface area contributed by atoms with E-state index in [0.29, 0.717) is 6.08 Å². The second kappa shape index (κ2) is 12.6. The number of benzene rings is 1. The molecule has 1 fully saturated rings. The minimum Gasteiger partial charge on any atom is -0.457 e. The molecular formula is C31H28ClF5N6O3S. The summed E-state index contributed by atoms with van der Waals surface area (Å²) in [7, 11) is 0. The number of piperazine rings is 1. The SMILES string of the molecule is C=CC(=O)N1[C@H](C)CN(c2nc(=O)n3c4c(c(C5=C(F)C=C(F)C(Cl)C5)c(C(F)(F)F)cc24)SC[C@@H](Oc2ncccn2)C3)C[C@@H]1C. The molecule has 0 saturated carbocycles. The minimum atomic E-state index is -5.00. The molecule has 16 heteroatoms. The summed E-state index contributed by atoms with van der Waals surface area (Å²) in [5.41, 5.74) is -2.80. The Hall–Kier alpha value is -3.98. The van der Waals surface area contributed by atoms with Crippen molar-refractivity contribution in [3.8, 4) is 6.01 Å². The van der Waals surface area contributed by atoms with Gasteiger partial charge < -0.3 is 14.5 Å². The number of hydrogen-bond donors (Lipinski definition) is 0. The van der Waals surface area contributed by atoms with E-state index in [9.17, 15) is 14.0 Å². The third kappa shape index (κ3) is 6.10. The van der Waals surface area contributed by atoms with Crippen LogP contribution in [0.2, 0.25) is 0 Å². The number of allylic oxidation sites excluding steroid dienone is 4. The number of nitrogens with zero attached hydrogens (tertiary/aromatic N) is 6. The summed E-state index contributed by atoms with van der Waals surface area (Å²) in [4.78, 5) is 42.0. The van der Waals surface area contributed by atoms with Crippen LogP contribution in [-0.2, 0) is 17.5 Å². The largest absolute Gasteiger partial charge is 0.457 e. The molecule has 6 rings (SSSR count). The molecule has 0 spiro atoms. The Morgan fingerprint density at radius 1 is 1.15 bits per heavy atom. The van der Waals surface area contributed by atoms with Crippen LogP contribution in [0.4, 0.5) is 27.8 Å². The first kappa shape index (κ1) is 32.9. The van der Waals surface area contributed by atoms with Gasteiger partial charge in [0.15, 0.2) is 0 Å². The summed E-state index contributed by atoms with van der Waals surface area (Å²) in [6, 6.07) is 1.64. The summed E-state index contributed by atoms with van der Waals surface area (Å²) in [5, 5.41) is -1.38. The fraction of sp³-hybridized carbons (Fsp3) is 0.387. The summed E-state index contributed by atoms with van der Waals surface area (Å²) < 4.78 is 81.9. The molecule has 3 aliphatic rings. The second-order valence-corrected chi connectivity index (χ2v) is 13.1. The molecule has 0 bridgehead atoms. The fourth-order valence-electron chi connectivity index (χ4n) is 6.40. The lowest BCUT2D eigenvalue weighted by Gasteiger charge is -2.44. The predicted molar refractivity (Wildman–Crippen MR) is 168 cm³/mol. The highest BCUT2D eigenvalue weighted by Crippen LogP contribution is 2.50. The van der Waals surface area contributed by atoms with E-state index in [2.05, 4.69) is 21.5 Å². The molecule has 9 nitrogen and oxygen atoms in total. The zero-order chi connectivity index (χ0) is 33.8. The van der Waals surface area contributed by atoms with Crippen molar-refractivity contribution in [1.82, 2.24) is 24.4 Å². The summed E-state index contributed by atoms with van der Waals surface area (Å²) >= 11 is 7.05. The van der Waals surface area contributed by atoms with Crippen molar-refractivity contribution in [3.05, 3.63) is 76.5 Å². The molecule has 47 heavy (non-hydrogen) atoms. The number of rotatable bonds is 5. The predicted octanol–water partition coefficient (Wildman–Crippen LogP) is 5.92. The van der Waals surface area contributed by atoms with Crippen LogP contribution >= 0.6 is 23.4 Å². The van der Waals surface area contributed by atoms with Gasteiger partial charge in [0.1, 0.15) is 23.6 Å². The number of anilines is 1. The number of aromatic nitrogens is 4. The van der Waals surface area contributed by atoms with Gasteiger partial charge in [-0.25, -0.2) is 23.5 Å². The van der Waals surface area contributed by atoms with E-state index in [-0.39, 0.29) is 58.9 Å². The van der Waals surface area contributed by atoms with Gasteiger partial charge in [0.2, 0.25) is 5.91 Å². The van der Waals surface area contributed by atoms with Gasteiger partial charge in [-0.15, -0.1) is 23.4 Å². The number of thioether (sulfide) groups is 1. The Morgan fingerprint density at radius 3 is 2.47 bits per heavy atom. The van der Waals surface area contributed by atoms with Gasteiger partial charge in [-0.2, -0.15) is 18.2 Å². The molecular weight excluding hydrogens is 667 g/mol. The monoisotopic (exact) mass is 694 g/mol. The smallest absolute Gasteiger partial charge is 0.417 e. The van der Waals surface area contributed by atoms with Crippen molar-refractivity contribution in [2.75, 3.05) is 23.7 Å². The fourth-order valence-corrected chi connectivity index (χ4v) is 7.87. The maximum atomic E-state index is 15.5. The van der Waals surface area contributed by atoms with Crippen molar-refractivity contribution in [1.29, 1.82) is 0 Å². The number of hydrogen-bond acceptors (Lipinski definition) is 8. The highest BCUT2D eigenvalue weighted by molar-refractivity contribution is 7.99. The zero-order valence-electron chi connectivity index (χ0n) is 25.1. The van der Waals surface area contributed by atoms with E-state index in [0.717, 1.165) is 17.8 Å². The highest BCUT2D eigenvalue weighted by atomic mass is 35.5.